The number of hydrogen-bond donors (Lipinski definition) is 0. The molecule has 0 bridgehead atoms. The molecule has 3 heteroatoms. The van der Waals surface area contributed by atoms with Gasteiger partial charge in [-0.1, -0.05) is 78.4 Å². The fourth-order valence-corrected chi connectivity index (χ4v) is 3.19. The Labute approximate surface area is 161 Å². The van der Waals surface area contributed by atoms with Crippen LogP contribution in [0, 0.1) is 6.92 Å². The molecule has 0 N–H and O–H groups in total. The third kappa shape index (κ3) is 4.76. The minimum Gasteiger partial charge on any atom is -0.484 e. The Morgan fingerprint density at radius 1 is 0.852 bits per heavy atom. The first-order valence-electron chi connectivity index (χ1n) is 9.28. The van der Waals surface area contributed by atoms with Gasteiger partial charge in [0, 0.05) is 6.54 Å². The number of carbonyl (C=O) groups is 1. The highest BCUT2D eigenvalue weighted by molar-refractivity contribution is 5.78. The first-order chi connectivity index (χ1) is 13.2. The number of aryl methyl sites for hydroxylation is 1. The number of likely N-dealkylation sites (N-methyl/N-ethyl adjacent to an activating group) is 1. The normalized spacial score (nSPS) is 10.6. The van der Waals surface area contributed by atoms with Crippen molar-refractivity contribution >= 4 is 5.91 Å². The van der Waals surface area contributed by atoms with Gasteiger partial charge < -0.3 is 9.64 Å². The number of nitrogens with zero attached hydrogens (tertiary/aromatic N) is 1. The topological polar surface area (TPSA) is 29.5 Å². The summed E-state index contributed by atoms with van der Waals surface area (Å²) in [6.07, 6.45) is 0. The van der Waals surface area contributed by atoms with Gasteiger partial charge in [0.1, 0.15) is 5.75 Å². The maximum atomic E-state index is 13.0. The van der Waals surface area contributed by atoms with Crippen LogP contribution >= 0.6 is 0 Å². The van der Waals surface area contributed by atoms with E-state index in [2.05, 4.69) is 24.3 Å². The average Bonchev–Trinajstić information content (AvgIpc) is 2.72. The molecule has 0 aliphatic carbocycles. The lowest BCUT2D eigenvalue weighted by Crippen LogP contribution is -2.38. The van der Waals surface area contributed by atoms with E-state index in [9.17, 15) is 4.79 Å². The second kappa shape index (κ2) is 9.04. The highest BCUT2D eigenvalue weighted by Crippen LogP contribution is 2.28. The summed E-state index contributed by atoms with van der Waals surface area (Å²) in [5, 5.41) is 0. The van der Waals surface area contributed by atoms with Gasteiger partial charge in [-0.25, -0.2) is 0 Å². The van der Waals surface area contributed by atoms with E-state index >= 15 is 0 Å². The van der Waals surface area contributed by atoms with Crippen LogP contribution in [-0.2, 0) is 4.79 Å². The summed E-state index contributed by atoms with van der Waals surface area (Å²) in [5.74, 6) is 0.678. The van der Waals surface area contributed by atoms with Crippen LogP contribution < -0.4 is 4.74 Å². The molecule has 27 heavy (non-hydrogen) atoms. The fourth-order valence-electron chi connectivity index (χ4n) is 3.19. The maximum Gasteiger partial charge on any atom is 0.261 e. The van der Waals surface area contributed by atoms with Crippen LogP contribution in [0.25, 0.3) is 0 Å². The molecular weight excluding hydrogens is 334 g/mol. The van der Waals surface area contributed by atoms with Crippen LogP contribution in [0.15, 0.2) is 84.9 Å². The zero-order valence-corrected chi connectivity index (χ0v) is 15.8. The first kappa shape index (κ1) is 18.7. The zero-order chi connectivity index (χ0) is 19.1. The van der Waals surface area contributed by atoms with Crippen LogP contribution in [0.3, 0.4) is 0 Å². The Morgan fingerprint density at radius 3 is 1.85 bits per heavy atom. The summed E-state index contributed by atoms with van der Waals surface area (Å²) >= 11 is 0. The Morgan fingerprint density at radius 2 is 1.37 bits per heavy atom. The van der Waals surface area contributed by atoms with Crippen LogP contribution in [0.1, 0.15) is 29.7 Å². The Kier molecular flexibility index (Phi) is 6.26. The molecule has 0 fully saturated rings. The molecule has 0 unspecified atom stereocenters. The van der Waals surface area contributed by atoms with E-state index in [0.717, 1.165) is 16.7 Å². The minimum absolute atomic E-state index is 0.0209. The Bertz CT molecular complexity index is 805. The Balaban J connectivity index is 1.82. The van der Waals surface area contributed by atoms with Crippen molar-refractivity contribution < 1.29 is 9.53 Å². The van der Waals surface area contributed by atoms with E-state index in [4.69, 9.17) is 4.74 Å². The van der Waals surface area contributed by atoms with Crippen molar-refractivity contribution in [2.24, 2.45) is 0 Å². The molecule has 3 aromatic rings. The number of benzene rings is 3. The molecule has 0 radical (unpaired) electrons. The quantitative estimate of drug-likeness (QED) is 0.593. The Hall–Kier alpha value is -3.07. The lowest BCUT2D eigenvalue weighted by Gasteiger charge is -2.31. The molecule has 0 atom stereocenters. The zero-order valence-electron chi connectivity index (χ0n) is 15.8. The molecule has 0 heterocycles. The summed E-state index contributed by atoms with van der Waals surface area (Å²) in [4.78, 5) is 14.9. The summed E-state index contributed by atoms with van der Waals surface area (Å²) in [6, 6.07) is 27.9. The monoisotopic (exact) mass is 359 g/mol. The first-order valence-corrected chi connectivity index (χ1v) is 9.28. The highest BCUT2D eigenvalue weighted by Gasteiger charge is 2.25. The van der Waals surface area contributed by atoms with E-state index in [1.54, 1.807) is 0 Å². The third-order valence-electron chi connectivity index (χ3n) is 4.59. The predicted molar refractivity (Wildman–Crippen MR) is 109 cm³/mol. The smallest absolute Gasteiger partial charge is 0.261 e. The summed E-state index contributed by atoms with van der Waals surface area (Å²) < 4.78 is 5.74. The second-order valence-corrected chi connectivity index (χ2v) is 6.51. The van der Waals surface area contributed by atoms with Crippen LogP contribution in [0.2, 0.25) is 0 Å². The molecule has 1 amide bonds. The van der Waals surface area contributed by atoms with Crippen molar-refractivity contribution in [2.75, 3.05) is 13.2 Å². The number of ether oxygens (including phenoxy) is 1. The summed E-state index contributed by atoms with van der Waals surface area (Å²) in [5.41, 5.74) is 3.35. The van der Waals surface area contributed by atoms with Crippen molar-refractivity contribution in [3.8, 4) is 5.75 Å². The summed E-state index contributed by atoms with van der Waals surface area (Å²) in [7, 11) is 0. The maximum absolute atomic E-state index is 13.0. The minimum atomic E-state index is -0.133. The van der Waals surface area contributed by atoms with Gasteiger partial charge in [-0.2, -0.15) is 0 Å². The van der Waals surface area contributed by atoms with Gasteiger partial charge in [-0.15, -0.1) is 0 Å². The van der Waals surface area contributed by atoms with Gasteiger partial charge in [-0.05, 0) is 37.1 Å². The molecule has 3 aromatic carbocycles. The van der Waals surface area contributed by atoms with E-state index in [1.807, 2.05) is 79.4 Å². The number of rotatable bonds is 7. The van der Waals surface area contributed by atoms with Crippen molar-refractivity contribution in [1.29, 1.82) is 0 Å². The van der Waals surface area contributed by atoms with Gasteiger partial charge in [-0.3, -0.25) is 4.79 Å². The van der Waals surface area contributed by atoms with Crippen LogP contribution in [-0.4, -0.2) is 24.0 Å². The second-order valence-electron chi connectivity index (χ2n) is 6.51. The van der Waals surface area contributed by atoms with E-state index in [1.165, 1.54) is 0 Å². The lowest BCUT2D eigenvalue weighted by molar-refractivity contribution is -0.134. The molecule has 0 saturated carbocycles. The molecule has 0 aliphatic rings. The van der Waals surface area contributed by atoms with Crippen molar-refractivity contribution in [3.63, 3.8) is 0 Å². The molecule has 0 aliphatic heterocycles. The number of carbonyl (C=O) groups excluding carboxylic acids is 1. The standard InChI is InChI=1S/C24H25NO2/c1-3-25(23(26)18-27-22-16-14-19(2)15-17-22)24(20-10-6-4-7-11-20)21-12-8-5-9-13-21/h4-17,24H,3,18H2,1-2H3. The van der Waals surface area contributed by atoms with Crippen molar-refractivity contribution in [2.45, 2.75) is 19.9 Å². The average molecular weight is 359 g/mol. The SMILES string of the molecule is CCN(C(=O)COc1ccc(C)cc1)C(c1ccccc1)c1ccccc1. The molecule has 0 spiro atoms. The van der Waals surface area contributed by atoms with E-state index < -0.39 is 0 Å². The molecule has 138 valence electrons. The molecule has 3 nitrogen and oxygen atoms in total. The molecular formula is C24H25NO2. The fraction of sp³-hybridized carbons (Fsp3) is 0.208. The van der Waals surface area contributed by atoms with E-state index in [-0.39, 0.29) is 18.6 Å². The van der Waals surface area contributed by atoms with Gasteiger partial charge in [0.25, 0.3) is 5.91 Å². The lowest BCUT2D eigenvalue weighted by atomic mass is 9.97. The molecule has 3 rings (SSSR count). The van der Waals surface area contributed by atoms with Gasteiger partial charge >= 0.3 is 0 Å². The van der Waals surface area contributed by atoms with Gasteiger partial charge in [0.2, 0.25) is 0 Å². The number of amides is 1. The molecule has 0 aromatic heterocycles. The molecule has 0 saturated heterocycles. The van der Waals surface area contributed by atoms with E-state index in [0.29, 0.717) is 12.3 Å². The number of hydrogen-bond acceptors (Lipinski definition) is 2. The van der Waals surface area contributed by atoms with Crippen molar-refractivity contribution in [3.05, 3.63) is 102 Å². The third-order valence-corrected chi connectivity index (χ3v) is 4.59. The van der Waals surface area contributed by atoms with Crippen molar-refractivity contribution in [1.82, 2.24) is 4.90 Å². The highest BCUT2D eigenvalue weighted by atomic mass is 16.5. The van der Waals surface area contributed by atoms with Gasteiger partial charge in [0.15, 0.2) is 6.61 Å². The summed E-state index contributed by atoms with van der Waals surface area (Å²) in [6.45, 7) is 4.65. The van der Waals surface area contributed by atoms with Crippen LogP contribution in [0.5, 0.6) is 5.75 Å². The van der Waals surface area contributed by atoms with Crippen LogP contribution in [0.4, 0.5) is 0 Å². The van der Waals surface area contributed by atoms with Gasteiger partial charge in [0.05, 0.1) is 6.04 Å². The largest absolute Gasteiger partial charge is 0.484 e. The predicted octanol–water partition coefficient (Wildman–Crippen LogP) is 5.01.